The Labute approximate surface area is 120 Å². The summed E-state index contributed by atoms with van der Waals surface area (Å²) in [6.07, 6.45) is 0. The van der Waals surface area contributed by atoms with Gasteiger partial charge in [-0.15, -0.1) is 11.3 Å². The number of thiophene rings is 1. The van der Waals surface area contributed by atoms with Crippen LogP contribution in [-0.2, 0) is 6.54 Å². The molecule has 0 fully saturated rings. The fraction of sp³-hybridized carbons (Fsp3) is 0.214. The number of imidazole rings is 1. The zero-order valence-electron chi connectivity index (χ0n) is 10.4. The SMILES string of the molecule is c1csc(CNCCSc2nc3ccccc3[nH]2)c1. The largest absolute Gasteiger partial charge is 0.333 e. The van der Waals surface area contributed by atoms with Crippen LogP contribution in [0.5, 0.6) is 0 Å². The molecule has 1 aromatic carbocycles. The van der Waals surface area contributed by atoms with Crippen molar-refractivity contribution in [2.75, 3.05) is 12.3 Å². The van der Waals surface area contributed by atoms with E-state index >= 15 is 0 Å². The van der Waals surface area contributed by atoms with E-state index in [0.29, 0.717) is 0 Å². The predicted octanol–water partition coefficient (Wildman–Crippen LogP) is 3.51. The molecule has 3 nitrogen and oxygen atoms in total. The number of hydrogen-bond acceptors (Lipinski definition) is 4. The van der Waals surface area contributed by atoms with Gasteiger partial charge in [-0.1, -0.05) is 30.0 Å². The first-order chi connectivity index (χ1) is 9.42. The van der Waals surface area contributed by atoms with Gasteiger partial charge in [0.2, 0.25) is 0 Å². The summed E-state index contributed by atoms with van der Waals surface area (Å²) < 4.78 is 0. The van der Waals surface area contributed by atoms with Crippen LogP contribution in [0.2, 0.25) is 0 Å². The van der Waals surface area contributed by atoms with E-state index in [1.165, 1.54) is 4.88 Å². The van der Waals surface area contributed by atoms with Crippen LogP contribution in [0.25, 0.3) is 11.0 Å². The van der Waals surface area contributed by atoms with Crippen LogP contribution in [0, 0.1) is 0 Å². The van der Waals surface area contributed by atoms with Crippen molar-refractivity contribution in [3.63, 3.8) is 0 Å². The second-order valence-corrected chi connectivity index (χ2v) is 6.28. The number of nitrogens with one attached hydrogen (secondary N) is 2. The fourth-order valence-electron chi connectivity index (χ4n) is 1.84. The lowest BCUT2D eigenvalue weighted by atomic mass is 10.3. The molecule has 3 rings (SSSR count). The Morgan fingerprint density at radius 1 is 1.21 bits per heavy atom. The number of nitrogens with zero attached hydrogens (tertiary/aromatic N) is 1. The minimum atomic E-state index is 0.957. The highest BCUT2D eigenvalue weighted by Crippen LogP contribution is 2.18. The molecule has 19 heavy (non-hydrogen) atoms. The first kappa shape index (κ1) is 12.7. The highest BCUT2D eigenvalue weighted by Gasteiger charge is 2.01. The Balaban J connectivity index is 1.44. The molecule has 0 aliphatic rings. The number of fused-ring (bicyclic) bond motifs is 1. The van der Waals surface area contributed by atoms with Gasteiger partial charge >= 0.3 is 0 Å². The Morgan fingerprint density at radius 3 is 3.00 bits per heavy atom. The molecule has 3 aromatic rings. The molecule has 0 radical (unpaired) electrons. The topological polar surface area (TPSA) is 40.7 Å². The summed E-state index contributed by atoms with van der Waals surface area (Å²) in [4.78, 5) is 9.25. The van der Waals surface area contributed by atoms with Crippen molar-refractivity contribution >= 4 is 34.1 Å². The van der Waals surface area contributed by atoms with E-state index in [9.17, 15) is 0 Å². The van der Waals surface area contributed by atoms with Gasteiger partial charge < -0.3 is 10.3 Å². The summed E-state index contributed by atoms with van der Waals surface area (Å²) in [5.41, 5.74) is 2.15. The van der Waals surface area contributed by atoms with Gasteiger partial charge in [0.25, 0.3) is 0 Å². The predicted molar refractivity (Wildman–Crippen MR) is 82.8 cm³/mol. The molecule has 0 aliphatic carbocycles. The molecule has 0 spiro atoms. The monoisotopic (exact) mass is 289 g/mol. The lowest BCUT2D eigenvalue weighted by Crippen LogP contribution is -2.15. The van der Waals surface area contributed by atoms with E-state index in [1.54, 1.807) is 23.1 Å². The maximum atomic E-state index is 4.54. The Kier molecular flexibility index (Phi) is 4.17. The molecular formula is C14H15N3S2. The van der Waals surface area contributed by atoms with Crippen LogP contribution in [-0.4, -0.2) is 22.3 Å². The molecule has 5 heteroatoms. The smallest absolute Gasteiger partial charge is 0.166 e. The Bertz CT molecular complexity index is 598. The van der Waals surface area contributed by atoms with Gasteiger partial charge in [-0.25, -0.2) is 4.98 Å². The minimum absolute atomic E-state index is 0.957. The zero-order chi connectivity index (χ0) is 12.9. The summed E-state index contributed by atoms with van der Waals surface area (Å²) in [6, 6.07) is 12.4. The molecule has 0 atom stereocenters. The highest BCUT2D eigenvalue weighted by atomic mass is 32.2. The normalized spacial score (nSPS) is 11.2. The molecule has 2 N–H and O–H groups in total. The fourth-order valence-corrected chi connectivity index (χ4v) is 3.30. The lowest BCUT2D eigenvalue weighted by molar-refractivity contribution is 0.740. The molecule has 98 valence electrons. The van der Waals surface area contributed by atoms with Gasteiger partial charge in [0, 0.05) is 23.7 Å². The molecule has 0 aliphatic heterocycles. The van der Waals surface area contributed by atoms with Crippen molar-refractivity contribution in [1.82, 2.24) is 15.3 Å². The molecular weight excluding hydrogens is 274 g/mol. The summed E-state index contributed by atoms with van der Waals surface area (Å²) in [7, 11) is 0. The van der Waals surface area contributed by atoms with E-state index in [2.05, 4.69) is 38.9 Å². The summed E-state index contributed by atoms with van der Waals surface area (Å²) in [6.45, 7) is 1.94. The van der Waals surface area contributed by atoms with E-state index < -0.39 is 0 Å². The summed E-state index contributed by atoms with van der Waals surface area (Å²) >= 11 is 3.55. The van der Waals surface area contributed by atoms with Crippen molar-refractivity contribution in [1.29, 1.82) is 0 Å². The first-order valence-electron chi connectivity index (χ1n) is 6.22. The number of aromatic amines is 1. The van der Waals surface area contributed by atoms with Gasteiger partial charge in [-0.3, -0.25) is 0 Å². The molecule has 2 aromatic heterocycles. The molecule has 0 bridgehead atoms. The first-order valence-corrected chi connectivity index (χ1v) is 8.09. The third-order valence-electron chi connectivity index (χ3n) is 2.76. The van der Waals surface area contributed by atoms with Gasteiger partial charge in [0.1, 0.15) is 0 Å². The van der Waals surface area contributed by atoms with Gasteiger partial charge in [-0.2, -0.15) is 0 Å². The zero-order valence-corrected chi connectivity index (χ0v) is 12.1. The van der Waals surface area contributed by atoms with E-state index in [-0.39, 0.29) is 0 Å². The van der Waals surface area contributed by atoms with Crippen LogP contribution in [0.3, 0.4) is 0 Å². The second kappa shape index (κ2) is 6.23. The van der Waals surface area contributed by atoms with Crippen molar-refractivity contribution in [3.05, 3.63) is 46.7 Å². The lowest BCUT2D eigenvalue weighted by Gasteiger charge is -2.01. The van der Waals surface area contributed by atoms with Crippen LogP contribution < -0.4 is 5.32 Å². The third-order valence-corrected chi connectivity index (χ3v) is 4.52. The van der Waals surface area contributed by atoms with Crippen molar-refractivity contribution in [2.45, 2.75) is 11.7 Å². The molecule has 2 heterocycles. The van der Waals surface area contributed by atoms with Crippen molar-refractivity contribution in [3.8, 4) is 0 Å². The molecule has 0 amide bonds. The molecule has 0 saturated heterocycles. The number of thioether (sulfide) groups is 1. The number of para-hydroxylation sites is 2. The summed E-state index contributed by atoms with van der Waals surface area (Å²) in [5, 5.41) is 6.55. The average molecular weight is 289 g/mol. The van der Waals surface area contributed by atoms with Crippen molar-refractivity contribution < 1.29 is 0 Å². The van der Waals surface area contributed by atoms with E-state index in [0.717, 1.165) is 35.0 Å². The van der Waals surface area contributed by atoms with Crippen molar-refractivity contribution in [2.24, 2.45) is 0 Å². The van der Waals surface area contributed by atoms with Crippen LogP contribution >= 0.6 is 23.1 Å². The van der Waals surface area contributed by atoms with Gasteiger partial charge in [0.15, 0.2) is 5.16 Å². The number of benzene rings is 1. The Hall–Kier alpha value is -1.30. The quantitative estimate of drug-likeness (QED) is 0.539. The molecule has 0 saturated carbocycles. The van der Waals surface area contributed by atoms with Crippen LogP contribution in [0.15, 0.2) is 46.9 Å². The third kappa shape index (κ3) is 3.37. The summed E-state index contributed by atoms with van der Waals surface area (Å²) in [5.74, 6) is 1.02. The number of H-pyrrole nitrogens is 1. The minimum Gasteiger partial charge on any atom is -0.333 e. The van der Waals surface area contributed by atoms with Crippen LogP contribution in [0.1, 0.15) is 4.88 Å². The Morgan fingerprint density at radius 2 is 2.16 bits per heavy atom. The number of aromatic nitrogens is 2. The average Bonchev–Trinajstić information content (AvgIpc) is 3.06. The second-order valence-electron chi connectivity index (χ2n) is 4.16. The standard InChI is InChI=1S/C14H15N3S2/c1-2-6-13-12(5-1)16-14(17-13)19-9-7-15-10-11-4-3-8-18-11/h1-6,8,15H,7,9-10H2,(H,16,17). The van der Waals surface area contributed by atoms with Crippen LogP contribution in [0.4, 0.5) is 0 Å². The molecule has 0 unspecified atom stereocenters. The maximum absolute atomic E-state index is 4.54. The number of hydrogen-bond donors (Lipinski definition) is 2. The van der Waals surface area contributed by atoms with Gasteiger partial charge in [-0.05, 0) is 23.6 Å². The highest BCUT2D eigenvalue weighted by molar-refractivity contribution is 7.99. The maximum Gasteiger partial charge on any atom is 0.166 e. The van der Waals surface area contributed by atoms with Gasteiger partial charge in [0.05, 0.1) is 11.0 Å². The van der Waals surface area contributed by atoms with E-state index in [4.69, 9.17) is 0 Å². The van der Waals surface area contributed by atoms with E-state index in [1.807, 2.05) is 18.2 Å². The number of rotatable bonds is 6.